The minimum atomic E-state index is 0.131. The number of anilines is 1. The number of benzene rings is 2. The van der Waals surface area contributed by atoms with Crippen LogP contribution in [0.15, 0.2) is 42.6 Å². The predicted octanol–water partition coefficient (Wildman–Crippen LogP) is 5.18. The van der Waals surface area contributed by atoms with Crippen LogP contribution in [0.3, 0.4) is 0 Å². The highest BCUT2D eigenvalue weighted by Gasteiger charge is 2.08. The SMILES string of the molecule is CC(C)Cn1ccc2c(CCC#Cc3cc(O)c4nc(N)sc4c3)cccc21. The van der Waals surface area contributed by atoms with E-state index in [0.29, 0.717) is 16.6 Å². The zero-order chi connectivity index (χ0) is 19.7. The molecule has 5 heteroatoms. The second-order valence-corrected chi connectivity index (χ2v) is 8.47. The van der Waals surface area contributed by atoms with Gasteiger partial charge in [0.15, 0.2) is 5.13 Å². The number of rotatable bonds is 4. The van der Waals surface area contributed by atoms with E-state index in [1.54, 1.807) is 6.07 Å². The Labute approximate surface area is 168 Å². The lowest BCUT2D eigenvalue weighted by Gasteiger charge is -2.09. The van der Waals surface area contributed by atoms with Crippen molar-refractivity contribution in [2.45, 2.75) is 33.2 Å². The van der Waals surface area contributed by atoms with E-state index in [2.05, 4.69) is 65.7 Å². The van der Waals surface area contributed by atoms with Crippen LogP contribution >= 0.6 is 11.3 Å². The van der Waals surface area contributed by atoms with Crippen LogP contribution in [0.25, 0.3) is 21.1 Å². The fourth-order valence-electron chi connectivity index (χ4n) is 3.52. The second-order valence-electron chi connectivity index (χ2n) is 7.41. The predicted molar refractivity (Wildman–Crippen MR) is 118 cm³/mol. The number of aryl methyl sites for hydroxylation is 1. The summed E-state index contributed by atoms with van der Waals surface area (Å²) in [6, 6.07) is 12.3. The van der Waals surface area contributed by atoms with Gasteiger partial charge in [-0.1, -0.05) is 49.2 Å². The van der Waals surface area contributed by atoms with E-state index in [0.717, 1.165) is 29.6 Å². The van der Waals surface area contributed by atoms with E-state index in [9.17, 15) is 5.11 Å². The van der Waals surface area contributed by atoms with Crippen molar-refractivity contribution >= 4 is 37.6 Å². The van der Waals surface area contributed by atoms with E-state index >= 15 is 0 Å². The second kappa shape index (κ2) is 7.57. The first-order valence-corrected chi connectivity index (χ1v) is 10.3. The third kappa shape index (κ3) is 3.69. The molecule has 0 saturated carbocycles. The van der Waals surface area contributed by atoms with Gasteiger partial charge in [-0.05, 0) is 42.2 Å². The summed E-state index contributed by atoms with van der Waals surface area (Å²) >= 11 is 1.36. The Morgan fingerprint density at radius 3 is 2.93 bits per heavy atom. The van der Waals surface area contributed by atoms with Gasteiger partial charge in [0.1, 0.15) is 11.3 Å². The molecule has 0 amide bonds. The number of fused-ring (bicyclic) bond motifs is 2. The van der Waals surface area contributed by atoms with Crippen LogP contribution in [0.5, 0.6) is 5.75 Å². The zero-order valence-electron chi connectivity index (χ0n) is 16.1. The van der Waals surface area contributed by atoms with Crippen LogP contribution in [-0.4, -0.2) is 14.7 Å². The number of hydrogen-bond acceptors (Lipinski definition) is 4. The van der Waals surface area contributed by atoms with Crippen molar-refractivity contribution in [3.8, 4) is 17.6 Å². The number of phenols is 1. The molecular weight excluding hydrogens is 366 g/mol. The molecule has 0 aliphatic rings. The maximum Gasteiger partial charge on any atom is 0.181 e. The van der Waals surface area contributed by atoms with Crippen molar-refractivity contribution in [3.63, 3.8) is 0 Å². The average molecular weight is 390 g/mol. The molecule has 4 aromatic rings. The van der Waals surface area contributed by atoms with Gasteiger partial charge in [0.2, 0.25) is 0 Å². The Kier molecular flexibility index (Phi) is 4.97. The maximum atomic E-state index is 10.1. The number of nitrogens with two attached hydrogens (primary N) is 1. The quantitative estimate of drug-likeness (QED) is 0.473. The topological polar surface area (TPSA) is 64.1 Å². The van der Waals surface area contributed by atoms with E-state index in [4.69, 9.17) is 5.73 Å². The Morgan fingerprint density at radius 2 is 2.11 bits per heavy atom. The molecule has 3 N–H and O–H groups in total. The highest BCUT2D eigenvalue weighted by molar-refractivity contribution is 7.22. The highest BCUT2D eigenvalue weighted by Crippen LogP contribution is 2.31. The molecule has 0 unspecified atom stereocenters. The fraction of sp³-hybridized carbons (Fsp3) is 0.261. The number of hydrogen-bond donors (Lipinski definition) is 2. The monoisotopic (exact) mass is 389 g/mol. The molecule has 28 heavy (non-hydrogen) atoms. The first-order chi connectivity index (χ1) is 13.5. The van der Waals surface area contributed by atoms with Gasteiger partial charge in [-0.2, -0.15) is 0 Å². The Balaban J connectivity index is 1.51. The van der Waals surface area contributed by atoms with Crippen LogP contribution < -0.4 is 5.73 Å². The third-order valence-electron chi connectivity index (χ3n) is 4.71. The average Bonchev–Trinajstić information content (AvgIpc) is 3.22. The number of aromatic nitrogens is 2. The molecule has 0 spiro atoms. The van der Waals surface area contributed by atoms with Crippen LogP contribution in [0.1, 0.15) is 31.4 Å². The molecule has 0 atom stereocenters. The van der Waals surface area contributed by atoms with Gasteiger partial charge in [0.25, 0.3) is 0 Å². The summed E-state index contributed by atoms with van der Waals surface area (Å²) < 4.78 is 3.19. The van der Waals surface area contributed by atoms with Gasteiger partial charge in [0.05, 0.1) is 4.70 Å². The van der Waals surface area contributed by atoms with Crippen LogP contribution in [0.4, 0.5) is 5.13 Å². The standard InChI is InChI=1S/C23H23N3OS/c1-15(2)14-26-11-10-18-17(8-5-9-19(18)26)7-4-3-6-16-12-20(27)22-21(13-16)28-23(24)25-22/h5,8-13,15,27H,4,7,14H2,1-2H3,(H2,24,25). The van der Waals surface area contributed by atoms with Gasteiger partial charge in [0, 0.05) is 35.6 Å². The van der Waals surface area contributed by atoms with Crippen molar-refractivity contribution in [2.24, 2.45) is 5.92 Å². The Hall–Kier alpha value is -2.97. The van der Waals surface area contributed by atoms with Crippen molar-refractivity contribution < 1.29 is 5.11 Å². The minimum Gasteiger partial charge on any atom is -0.506 e. The van der Waals surface area contributed by atoms with Gasteiger partial charge in [-0.15, -0.1) is 0 Å². The molecule has 0 saturated heterocycles. The van der Waals surface area contributed by atoms with Crippen molar-refractivity contribution in [1.29, 1.82) is 0 Å². The van der Waals surface area contributed by atoms with Gasteiger partial charge >= 0.3 is 0 Å². The molecule has 4 rings (SSSR count). The normalized spacial score (nSPS) is 11.2. The molecule has 0 bridgehead atoms. The number of phenolic OH excluding ortho intramolecular Hbond substituents is 1. The molecule has 2 heterocycles. The summed E-state index contributed by atoms with van der Waals surface area (Å²) in [4.78, 5) is 4.13. The van der Waals surface area contributed by atoms with E-state index in [-0.39, 0.29) is 5.75 Å². The molecular formula is C23H23N3OS. The molecule has 142 valence electrons. The summed E-state index contributed by atoms with van der Waals surface area (Å²) in [5, 5.41) is 11.9. The first-order valence-electron chi connectivity index (χ1n) is 9.46. The number of thiazole rings is 1. The summed E-state index contributed by atoms with van der Waals surface area (Å²) in [5.41, 5.74) is 9.67. The summed E-state index contributed by atoms with van der Waals surface area (Å²) in [7, 11) is 0. The van der Waals surface area contributed by atoms with Crippen molar-refractivity contribution in [1.82, 2.24) is 9.55 Å². The highest BCUT2D eigenvalue weighted by atomic mass is 32.1. The first kappa shape index (κ1) is 18.4. The number of aromatic hydroxyl groups is 1. The molecule has 0 aliphatic carbocycles. The third-order valence-corrected chi connectivity index (χ3v) is 5.54. The molecule has 0 aliphatic heterocycles. The Bertz CT molecular complexity index is 1210. The summed E-state index contributed by atoms with van der Waals surface area (Å²) in [6.45, 7) is 5.50. The fourth-order valence-corrected chi connectivity index (χ4v) is 4.32. The molecule has 2 aromatic heterocycles. The van der Waals surface area contributed by atoms with Gasteiger partial charge < -0.3 is 15.4 Å². The zero-order valence-corrected chi connectivity index (χ0v) is 16.9. The largest absolute Gasteiger partial charge is 0.506 e. The van der Waals surface area contributed by atoms with Crippen molar-refractivity contribution in [3.05, 3.63) is 53.7 Å². The van der Waals surface area contributed by atoms with Crippen LogP contribution in [-0.2, 0) is 13.0 Å². The lowest BCUT2D eigenvalue weighted by atomic mass is 10.1. The Morgan fingerprint density at radius 1 is 1.25 bits per heavy atom. The van der Waals surface area contributed by atoms with E-state index < -0.39 is 0 Å². The lowest BCUT2D eigenvalue weighted by molar-refractivity contribution is 0.480. The van der Waals surface area contributed by atoms with Gasteiger partial charge in [-0.25, -0.2) is 4.98 Å². The summed E-state index contributed by atoms with van der Waals surface area (Å²) in [6.07, 6.45) is 3.84. The molecule has 0 radical (unpaired) electrons. The van der Waals surface area contributed by atoms with Crippen LogP contribution in [0.2, 0.25) is 0 Å². The number of nitrogens with zero attached hydrogens (tertiary/aromatic N) is 2. The lowest BCUT2D eigenvalue weighted by Crippen LogP contribution is -2.02. The van der Waals surface area contributed by atoms with Crippen molar-refractivity contribution in [2.75, 3.05) is 5.73 Å². The summed E-state index contributed by atoms with van der Waals surface area (Å²) in [5.74, 6) is 7.15. The van der Waals surface area contributed by atoms with E-state index in [1.165, 1.54) is 27.8 Å². The van der Waals surface area contributed by atoms with E-state index in [1.807, 2.05) is 6.07 Å². The smallest absolute Gasteiger partial charge is 0.181 e. The molecule has 0 fully saturated rings. The number of nitrogen functional groups attached to an aromatic ring is 1. The molecule has 4 nitrogen and oxygen atoms in total. The van der Waals surface area contributed by atoms with Gasteiger partial charge in [-0.3, -0.25) is 0 Å². The minimum absolute atomic E-state index is 0.131. The maximum absolute atomic E-state index is 10.1. The van der Waals surface area contributed by atoms with Crippen LogP contribution in [0, 0.1) is 17.8 Å². The molecule has 2 aromatic carbocycles.